The second-order valence-corrected chi connectivity index (χ2v) is 8.68. The monoisotopic (exact) mass is 508 g/mol. The molecule has 3 aromatic rings. The molecule has 2 heterocycles. The zero-order valence-electron chi connectivity index (χ0n) is 19.6. The maximum Gasteiger partial charge on any atom is 0.357 e. The van der Waals surface area contributed by atoms with Gasteiger partial charge in [-0.25, -0.2) is 19.5 Å². The number of hydrogen-bond acceptors (Lipinski definition) is 8. The Bertz CT molecular complexity index is 1260. The Balaban J connectivity index is 1.59. The summed E-state index contributed by atoms with van der Waals surface area (Å²) in [6.07, 6.45) is 0.0943. The number of anilines is 1. The summed E-state index contributed by atoms with van der Waals surface area (Å²) in [5, 5.41) is 6.90. The van der Waals surface area contributed by atoms with Crippen molar-refractivity contribution in [3.8, 4) is 5.75 Å². The molecule has 0 spiro atoms. The first-order valence-electron chi connectivity index (χ1n) is 11.2. The van der Waals surface area contributed by atoms with Crippen LogP contribution < -0.4 is 15.4 Å². The molecule has 4 amide bonds. The van der Waals surface area contributed by atoms with Gasteiger partial charge < -0.3 is 20.1 Å². The average molecular weight is 509 g/mol. The van der Waals surface area contributed by atoms with Crippen molar-refractivity contribution in [2.24, 2.45) is 0 Å². The standard InChI is InChI=1S/C25H24N4O6S/c1-3-35-17-11-9-16(10-12-17)20-22(31)29(25(33)27-20)19(13-15-7-5-4-6-8-15)21(30)28-24-26-18(14-36-24)23(32)34-2/h4-12,14,19-20H,3,13H2,1-2H3,(H,27,33)(H,26,28,30). The predicted molar refractivity (Wildman–Crippen MR) is 132 cm³/mol. The number of aromatic nitrogens is 1. The van der Waals surface area contributed by atoms with E-state index in [1.165, 1.54) is 12.5 Å². The molecule has 186 valence electrons. The molecule has 36 heavy (non-hydrogen) atoms. The number of rotatable bonds is 9. The van der Waals surface area contributed by atoms with Crippen LogP contribution in [-0.4, -0.2) is 53.5 Å². The highest BCUT2D eigenvalue weighted by Crippen LogP contribution is 2.27. The number of esters is 1. The van der Waals surface area contributed by atoms with Crippen molar-refractivity contribution in [3.05, 3.63) is 76.8 Å². The van der Waals surface area contributed by atoms with E-state index in [2.05, 4.69) is 20.4 Å². The lowest BCUT2D eigenvalue weighted by atomic mass is 10.0. The van der Waals surface area contributed by atoms with Crippen molar-refractivity contribution in [2.45, 2.75) is 25.4 Å². The largest absolute Gasteiger partial charge is 0.494 e. The van der Waals surface area contributed by atoms with Gasteiger partial charge in [-0.1, -0.05) is 42.5 Å². The van der Waals surface area contributed by atoms with Crippen molar-refractivity contribution in [1.29, 1.82) is 0 Å². The van der Waals surface area contributed by atoms with Gasteiger partial charge in [0.15, 0.2) is 10.8 Å². The van der Waals surface area contributed by atoms with E-state index in [0.717, 1.165) is 21.8 Å². The van der Waals surface area contributed by atoms with Crippen LogP contribution >= 0.6 is 11.3 Å². The summed E-state index contributed by atoms with van der Waals surface area (Å²) in [6, 6.07) is 13.1. The highest BCUT2D eigenvalue weighted by Gasteiger charge is 2.45. The number of benzene rings is 2. The predicted octanol–water partition coefficient (Wildman–Crippen LogP) is 3.17. The maximum absolute atomic E-state index is 13.4. The molecule has 0 radical (unpaired) electrons. The van der Waals surface area contributed by atoms with Gasteiger partial charge in [0.25, 0.3) is 5.91 Å². The minimum atomic E-state index is -1.15. The fraction of sp³-hybridized carbons (Fsp3) is 0.240. The van der Waals surface area contributed by atoms with Gasteiger partial charge in [0, 0.05) is 11.8 Å². The van der Waals surface area contributed by atoms with E-state index in [0.29, 0.717) is 17.9 Å². The van der Waals surface area contributed by atoms with Crippen LogP contribution in [0, 0.1) is 0 Å². The number of urea groups is 1. The Morgan fingerprint density at radius 2 is 1.86 bits per heavy atom. The van der Waals surface area contributed by atoms with Crippen LogP contribution in [0.1, 0.15) is 34.6 Å². The van der Waals surface area contributed by atoms with Gasteiger partial charge in [-0.3, -0.25) is 9.59 Å². The number of imide groups is 1. The lowest BCUT2D eigenvalue weighted by molar-refractivity contribution is -0.134. The van der Waals surface area contributed by atoms with E-state index < -0.39 is 35.9 Å². The molecule has 1 aliphatic heterocycles. The highest BCUT2D eigenvalue weighted by atomic mass is 32.1. The topological polar surface area (TPSA) is 127 Å². The second-order valence-electron chi connectivity index (χ2n) is 7.82. The summed E-state index contributed by atoms with van der Waals surface area (Å²) in [7, 11) is 1.23. The van der Waals surface area contributed by atoms with Gasteiger partial charge >= 0.3 is 12.0 Å². The highest BCUT2D eigenvalue weighted by molar-refractivity contribution is 7.14. The third-order valence-electron chi connectivity index (χ3n) is 5.51. The number of hydrogen-bond donors (Lipinski definition) is 2. The van der Waals surface area contributed by atoms with E-state index in [-0.39, 0.29) is 17.2 Å². The number of methoxy groups -OCH3 is 1. The SMILES string of the molecule is CCOc1ccc(C2NC(=O)N(C(Cc3ccccc3)C(=O)Nc3nc(C(=O)OC)cs3)C2=O)cc1. The van der Waals surface area contributed by atoms with Crippen LogP contribution in [0.25, 0.3) is 0 Å². The van der Waals surface area contributed by atoms with Gasteiger partial charge in [0.1, 0.15) is 17.8 Å². The van der Waals surface area contributed by atoms with Gasteiger partial charge in [-0.2, -0.15) is 0 Å². The summed E-state index contributed by atoms with van der Waals surface area (Å²) in [4.78, 5) is 56.4. The van der Waals surface area contributed by atoms with Gasteiger partial charge in [-0.05, 0) is 30.2 Å². The molecule has 4 rings (SSSR count). The third-order valence-corrected chi connectivity index (χ3v) is 6.27. The molecule has 2 N–H and O–H groups in total. The molecule has 1 aromatic heterocycles. The maximum atomic E-state index is 13.4. The van der Waals surface area contributed by atoms with Crippen molar-refractivity contribution < 1.29 is 28.7 Å². The molecule has 11 heteroatoms. The zero-order chi connectivity index (χ0) is 25.7. The molecule has 0 aliphatic carbocycles. The molecule has 1 saturated heterocycles. The Hall–Kier alpha value is -4.25. The first kappa shape index (κ1) is 24.9. The van der Waals surface area contributed by atoms with Crippen molar-refractivity contribution >= 4 is 40.3 Å². The third kappa shape index (κ3) is 5.36. The van der Waals surface area contributed by atoms with Gasteiger partial charge in [-0.15, -0.1) is 11.3 Å². The molecule has 2 aromatic carbocycles. The Kier molecular flexibility index (Phi) is 7.59. The zero-order valence-corrected chi connectivity index (χ0v) is 20.4. The number of nitrogens with zero attached hydrogens (tertiary/aromatic N) is 2. The number of carbonyl (C=O) groups is 4. The molecule has 2 atom stereocenters. The molecular formula is C25H24N4O6S. The number of carbonyl (C=O) groups excluding carboxylic acids is 4. The van der Waals surface area contributed by atoms with Crippen LogP contribution in [0.2, 0.25) is 0 Å². The molecule has 1 fully saturated rings. The van der Waals surface area contributed by atoms with E-state index in [1.807, 2.05) is 25.1 Å². The van der Waals surface area contributed by atoms with Crippen LogP contribution in [-0.2, 0) is 20.7 Å². The van der Waals surface area contributed by atoms with E-state index >= 15 is 0 Å². The average Bonchev–Trinajstić information content (AvgIpc) is 3.47. The van der Waals surface area contributed by atoms with E-state index in [4.69, 9.17) is 4.74 Å². The summed E-state index contributed by atoms with van der Waals surface area (Å²) in [6.45, 7) is 2.37. The van der Waals surface area contributed by atoms with Crippen molar-refractivity contribution in [2.75, 3.05) is 19.0 Å². The minimum absolute atomic E-state index is 0.0444. The Morgan fingerprint density at radius 1 is 1.14 bits per heavy atom. The normalized spacial score (nSPS) is 15.8. The summed E-state index contributed by atoms with van der Waals surface area (Å²) < 4.78 is 10.1. The summed E-state index contributed by atoms with van der Waals surface area (Å²) >= 11 is 1.03. The smallest absolute Gasteiger partial charge is 0.357 e. The molecular weight excluding hydrogens is 484 g/mol. The fourth-order valence-corrected chi connectivity index (χ4v) is 4.48. The van der Waals surface area contributed by atoms with E-state index in [9.17, 15) is 19.2 Å². The Morgan fingerprint density at radius 3 is 2.53 bits per heavy atom. The van der Waals surface area contributed by atoms with Gasteiger partial charge in [0.05, 0.1) is 13.7 Å². The number of ether oxygens (including phenoxy) is 2. The number of nitrogens with one attached hydrogen (secondary N) is 2. The molecule has 1 aliphatic rings. The van der Waals surface area contributed by atoms with Crippen LogP contribution in [0.15, 0.2) is 60.0 Å². The van der Waals surface area contributed by atoms with Gasteiger partial charge in [0.2, 0.25) is 5.91 Å². The molecule has 10 nitrogen and oxygen atoms in total. The van der Waals surface area contributed by atoms with Crippen LogP contribution in [0.4, 0.5) is 9.93 Å². The van der Waals surface area contributed by atoms with E-state index in [1.54, 1.807) is 36.4 Å². The summed E-state index contributed by atoms with van der Waals surface area (Å²) in [5.74, 6) is -1.15. The first-order chi connectivity index (χ1) is 17.4. The first-order valence-corrected chi connectivity index (χ1v) is 12.0. The fourth-order valence-electron chi connectivity index (χ4n) is 3.79. The quantitative estimate of drug-likeness (QED) is 0.336. The lowest BCUT2D eigenvalue weighted by Gasteiger charge is -2.24. The second kappa shape index (κ2) is 11.0. The van der Waals surface area contributed by atoms with Crippen LogP contribution in [0.5, 0.6) is 5.75 Å². The summed E-state index contributed by atoms with van der Waals surface area (Å²) in [5.41, 5.74) is 1.38. The minimum Gasteiger partial charge on any atom is -0.494 e. The molecule has 2 unspecified atom stereocenters. The number of thiazole rings is 1. The molecule has 0 bridgehead atoms. The van der Waals surface area contributed by atoms with Crippen LogP contribution in [0.3, 0.4) is 0 Å². The van der Waals surface area contributed by atoms with Crippen molar-refractivity contribution in [1.82, 2.24) is 15.2 Å². The van der Waals surface area contributed by atoms with Crippen molar-refractivity contribution in [3.63, 3.8) is 0 Å². The molecule has 0 saturated carbocycles. The lowest BCUT2D eigenvalue weighted by Crippen LogP contribution is -2.49. The number of amides is 4. The Labute approximate surface area is 211 Å².